The molecule has 1 aromatic heterocycles. The Labute approximate surface area is 78.3 Å². The molecule has 0 aliphatic rings. The van der Waals surface area contributed by atoms with E-state index in [1.54, 1.807) is 6.92 Å². The standard InChI is InChI=1S/C8H14N2O2S/c1-6(2)7(3)13(11,12)8-4-9-5-10-8/h4-7H,1-3H3,(H,9,10). The third-order valence-corrected chi connectivity index (χ3v) is 4.57. The summed E-state index contributed by atoms with van der Waals surface area (Å²) in [5.74, 6) is 0.105. The second-order valence-corrected chi connectivity index (χ2v) is 5.68. The van der Waals surface area contributed by atoms with E-state index in [9.17, 15) is 8.42 Å². The smallest absolute Gasteiger partial charge is 0.198 e. The first-order valence-corrected chi connectivity index (χ1v) is 5.73. The van der Waals surface area contributed by atoms with Crippen molar-refractivity contribution in [2.45, 2.75) is 31.0 Å². The fraction of sp³-hybridized carbons (Fsp3) is 0.625. The van der Waals surface area contributed by atoms with Crippen molar-refractivity contribution in [2.24, 2.45) is 5.92 Å². The monoisotopic (exact) mass is 202 g/mol. The van der Waals surface area contributed by atoms with Gasteiger partial charge in [-0.3, -0.25) is 0 Å². The summed E-state index contributed by atoms with van der Waals surface area (Å²) >= 11 is 0. The van der Waals surface area contributed by atoms with E-state index in [4.69, 9.17) is 0 Å². The lowest BCUT2D eigenvalue weighted by Crippen LogP contribution is -2.23. The van der Waals surface area contributed by atoms with Gasteiger partial charge in [-0.25, -0.2) is 13.4 Å². The van der Waals surface area contributed by atoms with E-state index < -0.39 is 9.84 Å². The molecule has 1 aromatic rings. The number of aromatic amines is 1. The van der Waals surface area contributed by atoms with Gasteiger partial charge in [-0.1, -0.05) is 13.8 Å². The molecule has 4 nitrogen and oxygen atoms in total. The second-order valence-electron chi connectivity index (χ2n) is 3.41. The summed E-state index contributed by atoms with van der Waals surface area (Å²) in [6.07, 6.45) is 2.72. The summed E-state index contributed by atoms with van der Waals surface area (Å²) in [6.45, 7) is 5.48. The van der Waals surface area contributed by atoms with Crippen LogP contribution in [0.1, 0.15) is 20.8 Å². The summed E-state index contributed by atoms with van der Waals surface area (Å²) in [4.78, 5) is 6.31. The van der Waals surface area contributed by atoms with Crippen molar-refractivity contribution in [2.75, 3.05) is 0 Å². The molecular formula is C8H14N2O2S. The van der Waals surface area contributed by atoms with Gasteiger partial charge in [0.05, 0.1) is 17.8 Å². The minimum Gasteiger partial charge on any atom is -0.336 e. The molecule has 1 N–H and O–H groups in total. The Hall–Kier alpha value is -0.840. The lowest BCUT2D eigenvalue weighted by Gasteiger charge is -2.14. The van der Waals surface area contributed by atoms with Crippen molar-refractivity contribution in [1.82, 2.24) is 9.97 Å². The highest BCUT2D eigenvalue weighted by Crippen LogP contribution is 2.18. The van der Waals surface area contributed by atoms with Gasteiger partial charge in [0.15, 0.2) is 14.9 Å². The van der Waals surface area contributed by atoms with Gasteiger partial charge in [-0.2, -0.15) is 0 Å². The first-order chi connectivity index (χ1) is 5.96. The number of nitrogens with one attached hydrogen (secondary N) is 1. The number of nitrogens with zero attached hydrogens (tertiary/aromatic N) is 1. The largest absolute Gasteiger partial charge is 0.336 e. The van der Waals surface area contributed by atoms with Crippen LogP contribution in [0.5, 0.6) is 0 Å². The second kappa shape index (κ2) is 3.49. The lowest BCUT2D eigenvalue weighted by atomic mass is 10.2. The molecule has 1 atom stereocenters. The fourth-order valence-corrected chi connectivity index (χ4v) is 2.50. The van der Waals surface area contributed by atoms with E-state index in [-0.39, 0.29) is 16.2 Å². The van der Waals surface area contributed by atoms with Gasteiger partial charge >= 0.3 is 0 Å². The van der Waals surface area contributed by atoms with Crippen LogP contribution >= 0.6 is 0 Å². The molecule has 1 heterocycles. The van der Waals surface area contributed by atoms with Gasteiger partial charge in [0.1, 0.15) is 0 Å². The van der Waals surface area contributed by atoms with Gasteiger partial charge in [0.2, 0.25) is 0 Å². The zero-order valence-electron chi connectivity index (χ0n) is 7.98. The molecule has 0 fully saturated rings. The van der Waals surface area contributed by atoms with Gasteiger partial charge in [-0.05, 0) is 12.8 Å². The number of aromatic nitrogens is 2. The summed E-state index contributed by atoms with van der Waals surface area (Å²) in [6, 6.07) is 0. The third kappa shape index (κ3) is 1.91. The van der Waals surface area contributed by atoms with Crippen molar-refractivity contribution in [3.05, 3.63) is 12.5 Å². The highest BCUT2D eigenvalue weighted by molar-refractivity contribution is 7.92. The van der Waals surface area contributed by atoms with E-state index >= 15 is 0 Å². The maximum atomic E-state index is 11.8. The normalized spacial score (nSPS) is 14.8. The van der Waals surface area contributed by atoms with Crippen LogP contribution in [0.4, 0.5) is 0 Å². The highest BCUT2D eigenvalue weighted by Gasteiger charge is 2.26. The van der Waals surface area contributed by atoms with Crippen molar-refractivity contribution >= 4 is 9.84 Å². The average Bonchev–Trinajstić information content (AvgIpc) is 2.54. The zero-order valence-corrected chi connectivity index (χ0v) is 8.80. The highest BCUT2D eigenvalue weighted by atomic mass is 32.2. The van der Waals surface area contributed by atoms with Crippen molar-refractivity contribution in [3.8, 4) is 0 Å². The molecule has 74 valence electrons. The number of hydrogen-bond donors (Lipinski definition) is 1. The fourth-order valence-electron chi connectivity index (χ4n) is 0.957. The molecule has 0 aliphatic carbocycles. The van der Waals surface area contributed by atoms with Crippen molar-refractivity contribution < 1.29 is 8.42 Å². The third-order valence-electron chi connectivity index (χ3n) is 2.21. The van der Waals surface area contributed by atoms with Crippen LogP contribution in [0.3, 0.4) is 0 Å². The molecule has 5 heteroatoms. The molecule has 0 saturated heterocycles. The molecule has 0 aromatic carbocycles. The summed E-state index contributed by atoms with van der Waals surface area (Å²) in [5, 5.41) is -0.179. The number of sulfone groups is 1. The summed E-state index contributed by atoms with van der Waals surface area (Å²) < 4.78 is 23.5. The zero-order chi connectivity index (χ0) is 10.1. The summed E-state index contributed by atoms with van der Waals surface area (Å²) in [7, 11) is -3.21. The van der Waals surface area contributed by atoms with Crippen LogP contribution < -0.4 is 0 Å². The van der Waals surface area contributed by atoms with Crippen LogP contribution in [0.15, 0.2) is 17.6 Å². The Morgan fingerprint density at radius 1 is 1.38 bits per heavy atom. The van der Waals surface area contributed by atoms with Crippen LogP contribution in [0.2, 0.25) is 0 Å². The number of H-pyrrole nitrogens is 1. The van der Waals surface area contributed by atoms with Crippen LogP contribution in [0, 0.1) is 5.92 Å². The maximum absolute atomic E-state index is 11.8. The minimum absolute atomic E-state index is 0.105. The molecule has 0 bridgehead atoms. The molecule has 0 aliphatic heterocycles. The molecule has 0 radical (unpaired) electrons. The van der Waals surface area contributed by atoms with Crippen LogP contribution in [-0.4, -0.2) is 23.6 Å². The quantitative estimate of drug-likeness (QED) is 0.801. The molecule has 1 unspecified atom stereocenters. The average molecular weight is 202 g/mol. The Morgan fingerprint density at radius 2 is 2.00 bits per heavy atom. The Bertz CT molecular complexity index is 354. The number of rotatable bonds is 3. The van der Waals surface area contributed by atoms with E-state index in [1.165, 1.54) is 12.5 Å². The SMILES string of the molecule is CC(C)C(C)S(=O)(=O)c1cnc[nH]1. The number of hydrogen-bond acceptors (Lipinski definition) is 3. The summed E-state index contributed by atoms with van der Waals surface area (Å²) in [5.41, 5.74) is 0. The van der Waals surface area contributed by atoms with Gasteiger partial charge in [0, 0.05) is 0 Å². The van der Waals surface area contributed by atoms with Crippen molar-refractivity contribution in [3.63, 3.8) is 0 Å². The molecule has 0 spiro atoms. The Morgan fingerprint density at radius 3 is 2.38 bits per heavy atom. The van der Waals surface area contributed by atoms with E-state index in [1.807, 2.05) is 13.8 Å². The van der Waals surface area contributed by atoms with Crippen LogP contribution in [-0.2, 0) is 9.84 Å². The van der Waals surface area contributed by atoms with Crippen LogP contribution in [0.25, 0.3) is 0 Å². The van der Waals surface area contributed by atoms with Gasteiger partial charge in [0.25, 0.3) is 0 Å². The van der Waals surface area contributed by atoms with E-state index in [2.05, 4.69) is 9.97 Å². The minimum atomic E-state index is -3.21. The Balaban J connectivity index is 3.04. The van der Waals surface area contributed by atoms with E-state index in [0.717, 1.165) is 0 Å². The number of imidazole rings is 1. The van der Waals surface area contributed by atoms with Crippen molar-refractivity contribution in [1.29, 1.82) is 0 Å². The van der Waals surface area contributed by atoms with E-state index in [0.29, 0.717) is 0 Å². The van der Waals surface area contributed by atoms with Gasteiger partial charge in [-0.15, -0.1) is 0 Å². The molecule has 1 rings (SSSR count). The lowest BCUT2D eigenvalue weighted by molar-refractivity contribution is 0.543. The molecular weight excluding hydrogens is 188 g/mol. The predicted molar refractivity (Wildman–Crippen MR) is 50.1 cm³/mol. The maximum Gasteiger partial charge on any atom is 0.198 e. The topological polar surface area (TPSA) is 62.8 Å². The first-order valence-electron chi connectivity index (χ1n) is 4.18. The molecule has 0 saturated carbocycles. The molecule has 0 amide bonds. The first kappa shape index (κ1) is 10.2. The Kier molecular flexibility index (Phi) is 2.75. The predicted octanol–water partition coefficient (Wildman–Crippen LogP) is 1.23. The molecule has 13 heavy (non-hydrogen) atoms. The van der Waals surface area contributed by atoms with Gasteiger partial charge < -0.3 is 4.98 Å².